The van der Waals surface area contributed by atoms with Gasteiger partial charge in [-0.3, -0.25) is 9.59 Å². The standard InChI is InChI=1S/C19H21F3N2O5S/c20-19(21,22)14-2-4-15(5-3-14)30(27,28)24-11-18(12-24)9-23(10-18)16(25)6-1-13-7-17(26)29-8-13/h2-5,13H,1,6-12H2/t13-/m0/s1. The van der Waals surface area contributed by atoms with E-state index in [1.54, 1.807) is 4.90 Å². The van der Waals surface area contributed by atoms with Crippen LogP contribution >= 0.6 is 0 Å². The van der Waals surface area contributed by atoms with Crippen LogP contribution in [0.2, 0.25) is 0 Å². The molecule has 7 nitrogen and oxygen atoms in total. The Kier molecular flexibility index (Phi) is 5.08. The molecule has 11 heteroatoms. The van der Waals surface area contributed by atoms with Crippen LogP contribution in [-0.2, 0) is 30.5 Å². The number of amides is 1. The van der Waals surface area contributed by atoms with Crippen LogP contribution in [0.25, 0.3) is 0 Å². The molecule has 30 heavy (non-hydrogen) atoms. The second-order valence-electron chi connectivity index (χ2n) is 8.34. The van der Waals surface area contributed by atoms with Gasteiger partial charge in [0.25, 0.3) is 0 Å². The quantitative estimate of drug-likeness (QED) is 0.645. The Morgan fingerprint density at radius 3 is 2.30 bits per heavy atom. The Hall–Kier alpha value is -2.14. The number of likely N-dealkylation sites (tertiary alicyclic amines) is 1. The van der Waals surface area contributed by atoms with Gasteiger partial charge in [0.15, 0.2) is 0 Å². The van der Waals surface area contributed by atoms with E-state index >= 15 is 0 Å². The molecular formula is C19H21F3N2O5S. The topological polar surface area (TPSA) is 84.0 Å². The number of hydrogen-bond donors (Lipinski definition) is 0. The van der Waals surface area contributed by atoms with E-state index in [1.165, 1.54) is 4.31 Å². The lowest BCUT2D eigenvalue weighted by Crippen LogP contribution is -2.73. The number of carbonyl (C=O) groups is 2. The lowest BCUT2D eigenvalue weighted by molar-refractivity contribution is -0.152. The lowest BCUT2D eigenvalue weighted by Gasteiger charge is -2.59. The SMILES string of the molecule is O=C1C[C@H](CCC(=O)N2CC3(C2)CN(S(=O)(=O)c2ccc(C(F)(F)F)cc2)C3)CO1. The molecular weight excluding hydrogens is 425 g/mol. The van der Waals surface area contributed by atoms with Gasteiger partial charge in [0.1, 0.15) is 0 Å². The highest BCUT2D eigenvalue weighted by Crippen LogP contribution is 2.42. The molecule has 0 aliphatic carbocycles. The van der Waals surface area contributed by atoms with Gasteiger partial charge in [-0.15, -0.1) is 0 Å². The van der Waals surface area contributed by atoms with E-state index in [2.05, 4.69) is 0 Å². The van der Waals surface area contributed by atoms with E-state index in [-0.39, 0.29) is 41.2 Å². The zero-order valence-electron chi connectivity index (χ0n) is 16.0. The third-order valence-corrected chi connectivity index (χ3v) is 7.76. The van der Waals surface area contributed by atoms with Crippen molar-refractivity contribution in [1.82, 2.24) is 9.21 Å². The molecule has 0 saturated carbocycles. The maximum Gasteiger partial charge on any atom is 0.416 e. The Morgan fingerprint density at radius 2 is 1.77 bits per heavy atom. The summed E-state index contributed by atoms with van der Waals surface area (Å²) < 4.78 is 69.3. The van der Waals surface area contributed by atoms with E-state index in [4.69, 9.17) is 4.74 Å². The summed E-state index contributed by atoms with van der Waals surface area (Å²) in [6.45, 7) is 1.76. The predicted octanol–water partition coefficient (Wildman–Crippen LogP) is 1.88. The monoisotopic (exact) mass is 446 g/mol. The molecule has 164 valence electrons. The predicted molar refractivity (Wildman–Crippen MR) is 97.5 cm³/mol. The molecule has 0 N–H and O–H groups in total. The van der Waals surface area contributed by atoms with E-state index in [0.717, 1.165) is 24.3 Å². The number of sulfonamides is 1. The molecule has 1 aromatic carbocycles. The molecule has 0 radical (unpaired) electrons. The van der Waals surface area contributed by atoms with Crippen molar-refractivity contribution >= 4 is 21.9 Å². The summed E-state index contributed by atoms with van der Waals surface area (Å²) >= 11 is 0. The molecule has 3 saturated heterocycles. The molecule has 4 rings (SSSR count). The number of halogens is 3. The summed E-state index contributed by atoms with van der Waals surface area (Å²) in [7, 11) is -3.86. The number of ether oxygens (including phenoxy) is 1. The minimum atomic E-state index is -4.52. The summed E-state index contributed by atoms with van der Waals surface area (Å²) in [5.74, 6) is -0.187. The van der Waals surface area contributed by atoms with Gasteiger partial charge in [-0.25, -0.2) is 8.42 Å². The van der Waals surface area contributed by atoms with E-state index in [0.29, 0.717) is 39.0 Å². The van der Waals surface area contributed by atoms with Gasteiger partial charge in [0, 0.05) is 43.9 Å². The second-order valence-corrected chi connectivity index (χ2v) is 10.3. The van der Waals surface area contributed by atoms with Gasteiger partial charge in [0.05, 0.1) is 23.5 Å². The van der Waals surface area contributed by atoms with Crippen LogP contribution in [0.5, 0.6) is 0 Å². The van der Waals surface area contributed by atoms with Crippen molar-refractivity contribution < 1.29 is 35.9 Å². The molecule has 1 aromatic rings. The summed E-state index contributed by atoms with van der Waals surface area (Å²) in [6.07, 6.45) is -3.27. The zero-order chi connectivity index (χ0) is 21.7. The summed E-state index contributed by atoms with van der Waals surface area (Å²) in [6, 6.07) is 3.46. The van der Waals surface area contributed by atoms with Crippen LogP contribution in [0.3, 0.4) is 0 Å². The number of alkyl halides is 3. The third-order valence-electron chi connectivity index (χ3n) is 5.95. The van der Waals surface area contributed by atoms with E-state index in [1.807, 2.05) is 0 Å². The Bertz CT molecular complexity index is 947. The van der Waals surface area contributed by atoms with Gasteiger partial charge < -0.3 is 9.64 Å². The Morgan fingerprint density at radius 1 is 1.13 bits per heavy atom. The van der Waals surface area contributed by atoms with Crippen LogP contribution in [0.4, 0.5) is 13.2 Å². The minimum absolute atomic E-state index is 0.0241. The average Bonchev–Trinajstić information content (AvgIpc) is 3.02. The average molecular weight is 446 g/mol. The molecule has 3 aliphatic heterocycles. The van der Waals surface area contributed by atoms with Crippen LogP contribution in [0.1, 0.15) is 24.8 Å². The number of cyclic esters (lactones) is 1. The zero-order valence-corrected chi connectivity index (χ0v) is 16.8. The van der Waals surface area contributed by atoms with Crippen molar-refractivity contribution in [3.05, 3.63) is 29.8 Å². The normalized spacial score (nSPS) is 23.8. The van der Waals surface area contributed by atoms with Crippen molar-refractivity contribution in [1.29, 1.82) is 0 Å². The first-order chi connectivity index (χ1) is 14.0. The number of rotatable bonds is 5. The third kappa shape index (κ3) is 3.92. The highest BCUT2D eigenvalue weighted by atomic mass is 32.2. The molecule has 0 aromatic heterocycles. The number of benzene rings is 1. The Labute approximate surface area is 171 Å². The molecule has 1 atom stereocenters. The highest BCUT2D eigenvalue weighted by Gasteiger charge is 2.56. The molecule has 3 aliphatic rings. The fourth-order valence-electron chi connectivity index (χ4n) is 4.21. The maximum atomic E-state index is 12.7. The number of carbonyl (C=O) groups excluding carboxylic acids is 2. The van der Waals surface area contributed by atoms with Gasteiger partial charge in [-0.05, 0) is 30.7 Å². The second kappa shape index (κ2) is 7.23. The number of esters is 1. The van der Waals surface area contributed by atoms with Crippen LogP contribution in [-0.4, -0.2) is 62.3 Å². The van der Waals surface area contributed by atoms with E-state index in [9.17, 15) is 31.2 Å². The number of hydrogen-bond acceptors (Lipinski definition) is 5. The number of nitrogens with zero attached hydrogens (tertiary/aromatic N) is 2. The maximum absolute atomic E-state index is 12.7. The van der Waals surface area contributed by atoms with Crippen molar-refractivity contribution in [3.63, 3.8) is 0 Å². The van der Waals surface area contributed by atoms with Crippen LogP contribution < -0.4 is 0 Å². The van der Waals surface area contributed by atoms with Crippen LogP contribution in [0.15, 0.2) is 29.2 Å². The molecule has 1 spiro atoms. The lowest BCUT2D eigenvalue weighted by atomic mass is 9.74. The summed E-state index contributed by atoms with van der Waals surface area (Å²) in [5, 5.41) is 0. The molecule has 0 unspecified atom stereocenters. The first-order valence-electron chi connectivity index (χ1n) is 9.59. The summed E-state index contributed by atoms with van der Waals surface area (Å²) in [4.78, 5) is 24.9. The molecule has 3 heterocycles. The van der Waals surface area contributed by atoms with Crippen LogP contribution in [0, 0.1) is 11.3 Å². The van der Waals surface area contributed by atoms with Gasteiger partial charge >= 0.3 is 12.1 Å². The largest absolute Gasteiger partial charge is 0.465 e. The first-order valence-corrected chi connectivity index (χ1v) is 11.0. The minimum Gasteiger partial charge on any atom is -0.465 e. The van der Waals surface area contributed by atoms with Crippen molar-refractivity contribution in [2.24, 2.45) is 11.3 Å². The first kappa shape index (κ1) is 21.1. The molecule has 1 amide bonds. The van der Waals surface area contributed by atoms with Crippen molar-refractivity contribution in [3.8, 4) is 0 Å². The van der Waals surface area contributed by atoms with Gasteiger partial charge in [-0.2, -0.15) is 17.5 Å². The fourth-order valence-corrected chi connectivity index (χ4v) is 5.88. The molecule has 0 bridgehead atoms. The Balaban J connectivity index is 1.27. The van der Waals surface area contributed by atoms with Crippen molar-refractivity contribution in [2.75, 3.05) is 32.8 Å². The summed E-state index contributed by atoms with van der Waals surface area (Å²) in [5.41, 5.74) is -1.18. The smallest absolute Gasteiger partial charge is 0.416 e. The van der Waals surface area contributed by atoms with Crippen molar-refractivity contribution in [2.45, 2.75) is 30.3 Å². The van der Waals surface area contributed by atoms with Gasteiger partial charge in [0.2, 0.25) is 15.9 Å². The molecule has 3 fully saturated rings. The highest BCUT2D eigenvalue weighted by molar-refractivity contribution is 7.89. The van der Waals surface area contributed by atoms with Gasteiger partial charge in [-0.1, -0.05) is 0 Å². The fraction of sp³-hybridized carbons (Fsp3) is 0.579. The van der Waals surface area contributed by atoms with E-state index < -0.39 is 21.8 Å².